The highest BCUT2D eigenvalue weighted by Gasteiger charge is 2.49. The fourth-order valence-corrected chi connectivity index (χ4v) is 5.26. The van der Waals surface area contributed by atoms with Crippen LogP contribution < -0.4 is 0 Å². The molecule has 5 rings (SSSR count). The molecular weight excluding hydrogens is 368 g/mol. The molecular formula is C24H24O3S. The van der Waals surface area contributed by atoms with Crippen LogP contribution in [0.15, 0.2) is 70.8 Å². The van der Waals surface area contributed by atoms with Gasteiger partial charge < -0.3 is 4.74 Å². The summed E-state index contributed by atoms with van der Waals surface area (Å²) in [6.07, 6.45) is 7.84. The van der Waals surface area contributed by atoms with E-state index in [0.29, 0.717) is 4.90 Å². The van der Waals surface area contributed by atoms with Gasteiger partial charge in [0, 0.05) is 17.4 Å². The predicted octanol–water partition coefficient (Wildman–Crippen LogP) is 5.39. The second-order valence-electron chi connectivity index (χ2n) is 8.15. The van der Waals surface area contributed by atoms with E-state index >= 15 is 0 Å². The Morgan fingerprint density at radius 3 is 2.07 bits per heavy atom. The molecule has 1 spiro atoms. The van der Waals surface area contributed by atoms with Crippen LogP contribution in [0, 0.1) is 0 Å². The first-order chi connectivity index (χ1) is 13.5. The molecule has 3 aliphatic rings. The Hall–Kier alpha value is -2.33. The minimum atomic E-state index is -3.21. The standard InChI is InChI=1S/C24H24O3S/c1-28(25,26)20-13-11-18(12-14-20)22-21(17-7-3-2-4-8-17)23(19-9-10-19)27-24(22)15-5-6-16-24/h2-4,7-8,11-14H,5-6,9-10,15-16H2,1H3. The average molecular weight is 393 g/mol. The molecule has 0 saturated heterocycles. The smallest absolute Gasteiger partial charge is 0.175 e. The molecule has 144 valence electrons. The number of ether oxygens (including phenoxy) is 1. The van der Waals surface area contributed by atoms with Crippen LogP contribution in [0.1, 0.15) is 49.7 Å². The fourth-order valence-electron chi connectivity index (χ4n) is 4.63. The topological polar surface area (TPSA) is 43.4 Å². The summed E-state index contributed by atoms with van der Waals surface area (Å²) < 4.78 is 30.6. The van der Waals surface area contributed by atoms with Crippen LogP contribution in [0.3, 0.4) is 0 Å². The Morgan fingerprint density at radius 2 is 1.50 bits per heavy atom. The van der Waals surface area contributed by atoms with Gasteiger partial charge in [-0.05, 0) is 67.4 Å². The lowest BCUT2D eigenvalue weighted by Crippen LogP contribution is -2.26. The normalized spacial score (nSPS) is 20.8. The van der Waals surface area contributed by atoms with Gasteiger partial charge in [-0.25, -0.2) is 8.42 Å². The maximum Gasteiger partial charge on any atom is 0.175 e. The lowest BCUT2D eigenvalue weighted by Gasteiger charge is -2.27. The molecule has 2 aliphatic carbocycles. The molecule has 28 heavy (non-hydrogen) atoms. The third kappa shape index (κ3) is 2.91. The molecule has 2 aromatic rings. The first-order valence-electron chi connectivity index (χ1n) is 10.0. The highest BCUT2D eigenvalue weighted by Crippen LogP contribution is 2.58. The lowest BCUT2D eigenvalue weighted by atomic mass is 9.83. The van der Waals surface area contributed by atoms with Crippen LogP contribution >= 0.6 is 0 Å². The molecule has 0 N–H and O–H groups in total. The number of hydrogen-bond donors (Lipinski definition) is 0. The van der Waals surface area contributed by atoms with E-state index in [1.54, 1.807) is 12.1 Å². The van der Waals surface area contributed by atoms with Crippen molar-refractivity contribution in [2.75, 3.05) is 6.26 Å². The van der Waals surface area contributed by atoms with Crippen LogP contribution in [0.4, 0.5) is 0 Å². The molecule has 2 aromatic carbocycles. The van der Waals surface area contributed by atoms with E-state index in [9.17, 15) is 8.42 Å². The van der Waals surface area contributed by atoms with E-state index in [1.165, 1.54) is 28.5 Å². The van der Waals surface area contributed by atoms with Crippen molar-refractivity contribution < 1.29 is 13.2 Å². The molecule has 0 bridgehead atoms. The highest BCUT2D eigenvalue weighted by molar-refractivity contribution is 7.90. The highest BCUT2D eigenvalue weighted by atomic mass is 32.2. The van der Waals surface area contributed by atoms with E-state index in [0.717, 1.165) is 49.8 Å². The summed E-state index contributed by atoms with van der Waals surface area (Å²) in [6, 6.07) is 17.9. The molecule has 0 aromatic heterocycles. The van der Waals surface area contributed by atoms with Crippen molar-refractivity contribution in [1.29, 1.82) is 0 Å². The summed E-state index contributed by atoms with van der Waals surface area (Å²) >= 11 is 0. The van der Waals surface area contributed by atoms with E-state index < -0.39 is 9.84 Å². The Labute approximate surface area is 166 Å². The quantitative estimate of drug-likeness (QED) is 0.703. The van der Waals surface area contributed by atoms with E-state index in [4.69, 9.17) is 4.74 Å². The van der Waals surface area contributed by atoms with Gasteiger partial charge in [0.2, 0.25) is 0 Å². The maximum atomic E-state index is 11.9. The maximum absolute atomic E-state index is 11.9. The number of benzene rings is 2. The summed E-state index contributed by atoms with van der Waals surface area (Å²) in [5.41, 5.74) is 5.84. The van der Waals surface area contributed by atoms with Crippen molar-refractivity contribution >= 4 is 21.0 Å². The molecule has 0 unspecified atom stereocenters. The average Bonchev–Trinajstić information content (AvgIpc) is 3.35. The van der Waals surface area contributed by atoms with E-state index in [2.05, 4.69) is 24.3 Å². The first-order valence-corrected chi connectivity index (χ1v) is 11.9. The van der Waals surface area contributed by atoms with Gasteiger partial charge in [-0.15, -0.1) is 0 Å². The number of rotatable bonds is 3. The van der Waals surface area contributed by atoms with Gasteiger partial charge in [-0.3, -0.25) is 0 Å². The monoisotopic (exact) mass is 392 g/mol. The Bertz CT molecular complexity index is 1080. The molecule has 1 heterocycles. The Balaban J connectivity index is 1.75. The molecule has 0 atom stereocenters. The third-order valence-electron chi connectivity index (χ3n) is 6.10. The lowest BCUT2D eigenvalue weighted by molar-refractivity contribution is 0.0817. The van der Waals surface area contributed by atoms with Crippen LogP contribution in [-0.4, -0.2) is 20.3 Å². The molecule has 4 heteroatoms. The summed E-state index contributed by atoms with van der Waals surface area (Å²) in [7, 11) is -3.21. The van der Waals surface area contributed by atoms with Crippen molar-refractivity contribution in [3.8, 4) is 0 Å². The molecule has 1 aliphatic heterocycles. The zero-order chi connectivity index (χ0) is 19.4. The number of sulfone groups is 1. The summed E-state index contributed by atoms with van der Waals surface area (Å²) in [5.74, 6) is 1.08. The summed E-state index contributed by atoms with van der Waals surface area (Å²) in [4.78, 5) is 0.360. The minimum absolute atomic E-state index is 0.275. The van der Waals surface area contributed by atoms with E-state index in [1.807, 2.05) is 18.2 Å². The van der Waals surface area contributed by atoms with Crippen molar-refractivity contribution in [2.45, 2.75) is 49.0 Å². The molecule has 0 radical (unpaired) electrons. The largest absolute Gasteiger partial charge is 0.482 e. The van der Waals surface area contributed by atoms with Crippen molar-refractivity contribution in [3.63, 3.8) is 0 Å². The van der Waals surface area contributed by atoms with E-state index in [-0.39, 0.29) is 5.60 Å². The van der Waals surface area contributed by atoms with Crippen LogP contribution in [0.25, 0.3) is 11.1 Å². The molecule has 2 saturated carbocycles. The van der Waals surface area contributed by atoms with Gasteiger partial charge in [0.05, 0.1) is 4.90 Å². The molecule has 3 nitrogen and oxygen atoms in total. The van der Waals surface area contributed by atoms with Gasteiger partial charge in [-0.2, -0.15) is 0 Å². The zero-order valence-corrected chi connectivity index (χ0v) is 16.9. The van der Waals surface area contributed by atoms with Gasteiger partial charge >= 0.3 is 0 Å². The fraction of sp³-hybridized carbons (Fsp3) is 0.333. The summed E-state index contributed by atoms with van der Waals surface area (Å²) in [6.45, 7) is 0. The van der Waals surface area contributed by atoms with Gasteiger partial charge in [0.1, 0.15) is 11.4 Å². The van der Waals surface area contributed by atoms with Crippen molar-refractivity contribution in [3.05, 3.63) is 77.1 Å². The zero-order valence-electron chi connectivity index (χ0n) is 16.1. The Kier molecular flexibility index (Phi) is 4.02. The number of allylic oxidation sites excluding steroid dienone is 2. The van der Waals surface area contributed by atoms with Crippen LogP contribution in [-0.2, 0) is 14.6 Å². The third-order valence-corrected chi connectivity index (χ3v) is 7.22. The SMILES string of the molecule is CS(=O)(=O)c1ccc(C2=C(c3ccccc3)C(=C3CC3)OC23CCCC3)cc1. The minimum Gasteiger partial charge on any atom is -0.482 e. The Morgan fingerprint density at radius 1 is 0.857 bits per heavy atom. The van der Waals surface area contributed by atoms with Crippen molar-refractivity contribution in [1.82, 2.24) is 0 Å². The van der Waals surface area contributed by atoms with Gasteiger partial charge in [0.15, 0.2) is 9.84 Å². The predicted molar refractivity (Wildman–Crippen MR) is 111 cm³/mol. The first kappa shape index (κ1) is 17.7. The van der Waals surface area contributed by atoms with Gasteiger partial charge in [-0.1, -0.05) is 42.5 Å². The second-order valence-corrected chi connectivity index (χ2v) is 10.2. The molecule has 2 fully saturated rings. The van der Waals surface area contributed by atoms with Crippen LogP contribution in [0.2, 0.25) is 0 Å². The van der Waals surface area contributed by atoms with Crippen molar-refractivity contribution in [2.24, 2.45) is 0 Å². The van der Waals surface area contributed by atoms with Crippen LogP contribution in [0.5, 0.6) is 0 Å². The second kappa shape index (κ2) is 6.35. The number of hydrogen-bond acceptors (Lipinski definition) is 3. The summed E-state index contributed by atoms with van der Waals surface area (Å²) in [5, 5.41) is 0. The molecule has 0 amide bonds. The van der Waals surface area contributed by atoms with Gasteiger partial charge in [0.25, 0.3) is 0 Å².